The van der Waals surface area contributed by atoms with Gasteiger partial charge < -0.3 is 5.32 Å². The molecule has 1 fully saturated rings. The molecule has 144 valence electrons. The van der Waals surface area contributed by atoms with Crippen molar-refractivity contribution in [1.29, 1.82) is 0 Å². The molecule has 1 aliphatic heterocycles. The third kappa shape index (κ3) is 5.88. The Morgan fingerprint density at radius 3 is 2.30 bits per heavy atom. The molecule has 5 nitrogen and oxygen atoms in total. The predicted octanol–water partition coefficient (Wildman–Crippen LogP) is 2.71. The summed E-state index contributed by atoms with van der Waals surface area (Å²) >= 11 is 0. The fraction of sp³-hybridized carbons (Fsp3) is 0.455. The molecule has 1 saturated heterocycles. The van der Waals surface area contributed by atoms with Crippen molar-refractivity contribution in [3.05, 3.63) is 66.0 Å². The molecule has 1 atom stereocenters. The summed E-state index contributed by atoms with van der Waals surface area (Å²) in [5, 5.41) is 3.23. The van der Waals surface area contributed by atoms with Crippen LogP contribution in [0.4, 0.5) is 0 Å². The van der Waals surface area contributed by atoms with Gasteiger partial charge in [-0.2, -0.15) is 0 Å². The SMILES string of the molecule is CC(C)C(NC(=O)CN1CCN(Cc2ccccn2)CC1)c1ccccc1. The van der Waals surface area contributed by atoms with Gasteiger partial charge in [0, 0.05) is 38.9 Å². The molecule has 0 saturated carbocycles. The zero-order valence-electron chi connectivity index (χ0n) is 16.3. The van der Waals surface area contributed by atoms with Crippen molar-refractivity contribution < 1.29 is 4.79 Å². The minimum atomic E-state index is 0.0594. The molecule has 1 aromatic heterocycles. The van der Waals surface area contributed by atoms with Crippen molar-refractivity contribution in [3.63, 3.8) is 0 Å². The summed E-state index contributed by atoms with van der Waals surface area (Å²) in [6.45, 7) is 9.41. The number of rotatable bonds is 7. The van der Waals surface area contributed by atoms with E-state index in [1.165, 1.54) is 5.56 Å². The number of hydrogen-bond acceptors (Lipinski definition) is 4. The number of pyridine rings is 1. The van der Waals surface area contributed by atoms with Gasteiger partial charge in [-0.3, -0.25) is 19.6 Å². The molecule has 1 N–H and O–H groups in total. The molecule has 0 spiro atoms. The van der Waals surface area contributed by atoms with Crippen LogP contribution in [0, 0.1) is 5.92 Å². The zero-order valence-corrected chi connectivity index (χ0v) is 16.3. The van der Waals surface area contributed by atoms with Crippen molar-refractivity contribution in [2.45, 2.75) is 26.4 Å². The predicted molar refractivity (Wildman–Crippen MR) is 108 cm³/mol. The number of hydrogen-bond donors (Lipinski definition) is 1. The van der Waals surface area contributed by atoms with Gasteiger partial charge in [0.1, 0.15) is 0 Å². The average Bonchev–Trinajstić information content (AvgIpc) is 2.69. The molecular weight excluding hydrogens is 336 g/mol. The minimum Gasteiger partial charge on any atom is -0.348 e. The van der Waals surface area contributed by atoms with E-state index in [9.17, 15) is 4.79 Å². The van der Waals surface area contributed by atoms with E-state index in [4.69, 9.17) is 0 Å². The Morgan fingerprint density at radius 1 is 1.00 bits per heavy atom. The Balaban J connectivity index is 1.46. The van der Waals surface area contributed by atoms with E-state index < -0.39 is 0 Å². The number of nitrogens with one attached hydrogen (secondary N) is 1. The molecule has 0 bridgehead atoms. The van der Waals surface area contributed by atoms with Crippen LogP contribution >= 0.6 is 0 Å². The summed E-state index contributed by atoms with van der Waals surface area (Å²) in [5.74, 6) is 0.460. The number of piperazine rings is 1. The highest BCUT2D eigenvalue weighted by Gasteiger charge is 2.22. The second-order valence-corrected chi connectivity index (χ2v) is 7.57. The quantitative estimate of drug-likeness (QED) is 0.819. The van der Waals surface area contributed by atoms with Gasteiger partial charge in [-0.25, -0.2) is 0 Å². The van der Waals surface area contributed by atoms with Gasteiger partial charge in [0.15, 0.2) is 0 Å². The Bertz CT molecular complexity index is 697. The van der Waals surface area contributed by atoms with Gasteiger partial charge in [-0.1, -0.05) is 50.2 Å². The first-order valence-electron chi connectivity index (χ1n) is 9.81. The monoisotopic (exact) mass is 366 g/mol. The van der Waals surface area contributed by atoms with E-state index in [1.807, 2.05) is 36.5 Å². The summed E-state index contributed by atoms with van der Waals surface area (Å²) in [6, 6.07) is 16.3. The smallest absolute Gasteiger partial charge is 0.234 e. The number of benzene rings is 1. The summed E-state index contributed by atoms with van der Waals surface area (Å²) in [6.07, 6.45) is 1.84. The van der Waals surface area contributed by atoms with Gasteiger partial charge in [0.2, 0.25) is 5.91 Å². The Hall–Kier alpha value is -2.24. The number of nitrogens with zero attached hydrogens (tertiary/aromatic N) is 3. The van der Waals surface area contributed by atoms with Crippen molar-refractivity contribution in [2.24, 2.45) is 5.92 Å². The molecule has 0 aliphatic carbocycles. The van der Waals surface area contributed by atoms with Crippen LogP contribution in [-0.4, -0.2) is 53.4 Å². The largest absolute Gasteiger partial charge is 0.348 e. The van der Waals surface area contributed by atoms with Crippen LogP contribution < -0.4 is 5.32 Å². The lowest BCUT2D eigenvalue weighted by Gasteiger charge is -2.34. The summed E-state index contributed by atoms with van der Waals surface area (Å²) in [4.78, 5) is 21.6. The van der Waals surface area contributed by atoms with Crippen LogP contribution in [0.25, 0.3) is 0 Å². The maximum atomic E-state index is 12.6. The normalized spacial score (nSPS) is 17.0. The van der Waals surface area contributed by atoms with E-state index in [0.717, 1.165) is 38.4 Å². The minimum absolute atomic E-state index is 0.0594. The van der Waals surface area contributed by atoms with E-state index in [2.05, 4.69) is 52.1 Å². The van der Waals surface area contributed by atoms with Crippen molar-refractivity contribution in [1.82, 2.24) is 20.1 Å². The molecule has 1 unspecified atom stereocenters. The van der Waals surface area contributed by atoms with Gasteiger partial charge in [-0.15, -0.1) is 0 Å². The first-order valence-corrected chi connectivity index (χ1v) is 9.81. The highest BCUT2D eigenvalue weighted by Crippen LogP contribution is 2.21. The molecular formula is C22H30N4O. The van der Waals surface area contributed by atoms with Crippen molar-refractivity contribution >= 4 is 5.91 Å². The lowest BCUT2D eigenvalue weighted by Crippen LogP contribution is -2.49. The topological polar surface area (TPSA) is 48.5 Å². The van der Waals surface area contributed by atoms with Crippen molar-refractivity contribution in [2.75, 3.05) is 32.7 Å². The fourth-order valence-corrected chi connectivity index (χ4v) is 3.54. The van der Waals surface area contributed by atoms with E-state index in [-0.39, 0.29) is 11.9 Å². The first-order chi connectivity index (χ1) is 13.1. The zero-order chi connectivity index (χ0) is 19.1. The third-order valence-electron chi connectivity index (χ3n) is 5.09. The number of carbonyl (C=O) groups is 1. The summed E-state index contributed by atoms with van der Waals surface area (Å²) in [7, 11) is 0. The summed E-state index contributed by atoms with van der Waals surface area (Å²) < 4.78 is 0. The summed E-state index contributed by atoms with van der Waals surface area (Å²) in [5.41, 5.74) is 2.27. The standard InChI is InChI=1S/C22H30N4O/c1-18(2)22(19-8-4-3-5-9-19)24-21(27)17-26-14-12-25(13-15-26)16-20-10-6-7-11-23-20/h3-11,18,22H,12-17H2,1-2H3,(H,24,27). The molecule has 2 heterocycles. The van der Waals surface area contributed by atoms with Gasteiger partial charge in [0.25, 0.3) is 0 Å². The van der Waals surface area contributed by atoms with Crippen LogP contribution in [0.3, 0.4) is 0 Å². The molecule has 1 aliphatic rings. The van der Waals surface area contributed by atoms with Crippen LogP contribution in [0.1, 0.15) is 31.1 Å². The molecule has 1 amide bonds. The Kier molecular flexibility index (Phi) is 6.96. The van der Waals surface area contributed by atoms with Gasteiger partial charge >= 0.3 is 0 Å². The average molecular weight is 367 g/mol. The fourth-order valence-electron chi connectivity index (χ4n) is 3.54. The van der Waals surface area contributed by atoms with Gasteiger partial charge in [-0.05, 0) is 23.6 Å². The van der Waals surface area contributed by atoms with E-state index >= 15 is 0 Å². The lowest BCUT2D eigenvalue weighted by atomic mass is 9.96. The number of amides is 1. The van der Waals surface area contributed by atoms with Crippen LogP contribution in [0.5, 0.6) is 0 Å². The van der Waals surface area contributed by atoms with E-state index in [1.54, 1.807) is 0 Å². The third-order valence-corrected chi connectivity index (χ3v) is 5.09. The second-order valence-electron chi connectivity index (χ2n) is 7.57. The molecule has 3 rings (SSSR count). The molecule has 27 heavy (non-hydrogen) atoms. The van der Waals surface area contributed by atoms with Gasteiger partial charge in [0.05, 0.1) is 18.3 Å². The maximum absolute atomic E-state index is 12.6. The molecule has 1 aromatic carbocycles. The number of carbonyl (C=O) groups excluding carboxylic acids is 1. The second kappa shape index (κ2) is 9.62. The van der Waals surface area contributed by atoms with E-state index in [0.29, 0.717) is 12.5 Å². The highest BCUT2D eigenvalue weighted by molar-refractivity contribution is 5.78. The maximum Gasteiger partial charge on any atom is 0.234 e. The van der Waals surface area contributed by atoms with Crippen LogP contribution in [0.2, 0.25) is 0 Å². The molecule has 0 radical (unpaired) electrons. The van der Waals surface area contributed by atoms with Crippen LogP contribution in [0.15, 0.2) is 54.7 Å². The number of aromatic nitrogens is 1. The highest BCUT2D eigenvalue weighted by atomic mass is 16.2. The Morgan fingerprint density at radius 2 is 1.67 bits per heavy atom. The van der Waals surface area contributed by atoms with Crippen molar-refractivity contribution in [3.8, 4) is 0 Å². The first kappa shape index (κ1) is 19.5. The Labute approximate surface area is 162 Å². The lowest BCUT2D eigenvalue weighted by molar-refractivity contribution is -0.123. The molecule has 2 aromatic rings. The van der Waals surface area contributed by atoms with Crippen LogP contribution in [-0.2, 0) is 11.3 Å². The molecule has 5 heteroatoms.